The third-order valence-corrected chi connectivity index (χ3v) is 9.37. The zero-order chi connectivity index (χ0) is 27.4. The molecule has 6 rings (SSSR count). The Labute approximate surface area is 233 Å². The smallest absolute Gasteiger partial charge is 0.244 e. The monoisotopic (exact) mass is 537 g/mol. The van der Waals surface area contributed by atoms with Crippen LogP contribution in [0.25, 0.3) is 0 Å². The van der Waals surface area contributed by atoms with Crippen molar-refractivity contribution in [3.8, 4) is 0 Å². The molecule has 5 atom stereocenters. The van der Waals surface area contributed by atoms with E-state index < -0.39 is 0 Å². The number of nitrogens with one attached hydrogen (secondary N) is 4. The zero-order valence-corrected chi connectivity index (χ0v) is 24.3. The van der Waals surface area contributed by atoms with Gasteiger partial charge in [0.25, 0.3) is 0 Å². The van der Waals surface area contributed by atoms with Crippen LogP contribution in [-0.2, 0) is 21.5 Å². The van der Waals surface area contributed by atoms with Crippen LogP contribution in [0.4, 0.5) is 5.69 Å². The van der Waals surface area contributed by atoms with E-state index in [1.54, 1.807) is 0 Å². The van der Waals surface area contributed by atoms with Gasteiger partial charge in [-0.1, -0.05) is 32.1 Å². The molecule has 1 amide bonds. The number of hydrogen-bond acceptors (Lipinski definition) is 8. The quantitative estimate of drug-likeness (QED) is 0.429. The molecule has 5 aliphatic heterocycles. The summed E-state index contributed by atoms with van der Waals surface area (Å²) in [6, 6.07) is 7.02. The first kappa shape index (κ1) is 27.2. The predicted octanol–water partition coefficient (Wildman–Crippen LogP) is 2.52. The van der Waals surface area contributed by atoms with Gasteiger partial charge < -0.3 is 15.0 Å². The maximum absolute atomic E-state index is 13.7. The molecule has 1 aromatic carbocycles. The molecule has 3 fully saturated rings. The number of hydrazine groups is 1. The molecule has 5 heterocycles. The van der Waals surface area contributed by atoms with Crippen LogP contribution in [0.15, 0.2) is 30.4 Å². The van der Waals surface area contributed by atoms with Gasteiger partial charge in [-0.05, 0) is 69.8 Å². The molecule has 0 aliphatic carbocycles. The number of likely N-dealkylation sites (N-methyl/N-ethyl adjacent to an activating group) is 1. The van der Waals surface area contributed by atoms with E-state index in [2.05, 4.69) is 96.3 Å². The lowest BCUT2D eigenvalue weighted by molar-refractivity contribution is -0.147. The molecule has 9 heteroatoms. The Hall–Kier alpha value is -2.01. The van der Waals surface area contributed by atoms with E-state index in [0.717, 1.165) is 44.5 Å². The molecule has 0 radical (unpaired) electrons. The molecule has 214 valence electrons. The molecule has 0 aromatic heterocycles. The Kier molecular flexibility index (Phi) is 7.27. The number of nitrogens with zero attached hydrogens (tertiary/aromatic N) is 3. The second kappa shape index (κ2) is 10.4. The van der Waals surface area contributed by atoms with Gasteiger partial charge in [0.1, 0.15) is 6.29 Å². The minimum Gasteiger partial charge on any atom is -0.374 e. The Bertz CT molecular complexity index is 1100. The zero-order valence-electron chi connectivity index (χ0n) is 24.3. The normalized spacial score (nSPS) is 35.7. The third-order valence-electron chi connectivity index (χ3n) is 9.37. The number of amides is 1. The second-order valence-corrected chi connectivity index (χ2v) is 13.3. The Balaban J connectivity index is 1.23. The van der Waals surface area contributed by atoms with Crippen molar-refractivity contribution >= 4 is 11.6 Å². The van der Waals surface area contributed by atoms with E-state index in [1.165, 1.54) is 11.1 Å². The fourth-order valence-electron chi connectivity index (χ4n) is 7.48. The number of carbonyl (C=O) groups excluding carboxylic acids is 1. The first-order valence-corrected chi connectivity index (χ1v) is 14.8. The van der Waals surface area contributed by atoms with Crippen molar-refractivity contribution in [3.63, 3.8) is 0 Å². The Morgan fingerprint density at radius 3 is 2.79 bits per heavy atom. The fraction of sp³-hybridized carbons (Fsp3) is 0.700. The number of rotatable bonds is 2. The van der Waals surface area contributed by atoms with Crippen LogP contribution in [0.5, 0.6) is 0 Å². The summed E-state index contributed by atoms with van der Waals surface area (Å²) >= 11 is 0. The number of hydrogen-bond donors (Lipinski definition) is 4. The summed E-state index contributed by atoms with van der Waals surface area (Å²) in [6.45, 7) is 13.0. The van der Waals surface area contributed by atoms with Crippen molar-refractivity contribution in [2.24, 2.45) is 5.92 Å². The lowest BCUT2D eigenvalue weighted by Gasteiger charge is -2.47. The number of ether oxygens (including phenoxy) is 1. The summed E-state index contributed by atoms with van der Waals surface area (Å²) in [5.74, 6) is 0.0599. The van der Waals surface area contributed by atoms with Crippen molar-refractivity contribution in [3.05, 3.63) is 41.5 Å². The summed E-state index contributed by atoms with van der Waals surface area (Å²) in [6.07, 6.45) is 8.18. The van der Waals surface area contributed by atoms with E-state index in [0.29, 0.717) is 19.7 Å². The van der Waals surface area contributed by atoms with Crippen LogP contribution in [-0.4, -0.2) is 84.4 Å². The number of piperidine rings is 1. The number of carbonyl (C=O) groups is 1. The van der Waals surface area contributed by atoms with E-state index in [-0.39, 0.29) is 47.5 Å². The van der Waals surface area contributed by atoms with Gasteiger partial charge in [-0.2, -0.15) is 5.01 Å². The van der Waals surface area contributed by atoms with Crippen molar-refractivity contribution in [1.29, 1.82) is 0 Å². The summed E-state index contributed by atoms with van der Waals surface area (Å²) in [5, 5.41) is 19.2. The van der Waals surface area contributed by atoms with Crippen LogP contribution < -0.4 is 21.3 Å². The Morgan fingerprint density at radius 2 is 1.95 bits per heavy atom. The summed E-state index contributed by atoms with van der Waals surface area (Å²) < 4.78 is 6.32. The fourth-order valence-corrected chi connectivity index (χ4v) is 7.48. The standard InChI is InChI=1S/C30H47N7O2/c1-29(2)19-35(5)18-20-16-21(12-13-23(20)29)32-28-31-17-22-26(34-28)37-25-11-9-10-24(33-25)30(3,4)39-15-8-6-7-14-36(37)27(22)38/h6-7,12-13,16,22,24-26,28,31-34H,8-11,14-15,17-19H2,1-5H3/b7-6-. The molecule has 5 unspecified atom stereocenters. The molecule has 1 aromatic rings. The summed E-state index contributed by atoms with van der Waals surface area (Å²) in [7, 11) is 2.20. The van der Waals surface area contributed by atoms with Gasteiger partial charge in [0.2, 0.25) is 5.91 Å². The van der Waals surface area contributed by atoms with Crippen LogP contribution in [0.2, 0.25) is 0 Å². The minimum absolute atomic E-state index is 0.0752. The highest BCUT2D eigenvalue weighted by Gasteiger charge is 2.52. The van der Waals surface area contributed by atoms with Crippen LogP contribution in [0.1, 0.15) is 64.5 Å². The first-order valence-electron chi connectivity index (χ1n) is 14.8. The topological polar surface area (TPSA) is 84.1 Å². The summed E-state index contributed by atoms with van der Waals surface area (Å²) in [4.78, 5) is 16.1. The van der Waals surface area contributed by atoms with Crippen LogP contribution in [0.3, 0.4) is 0 Å². The highest BCUT2D eigenvalue weighted by molar-refractivity contribution is 5.82. The average molecular weight is 538 g/mol. The molecule has 0 saturated carbocycles. The van der Waals surface area contributed by atoms with E-state index in [9.17, 15) is 4.79 Å². The summed E-state index contributed by atoms with van der Waals surface area (Å²) in [5.41, 5.74) is 3.79. The van der Waals surface area contributed by atoms with Gasteiger partial charge in [0, 0.05) is 36.8 Å². The van der Waals surface area contributed by atoms with Gasteiger partial charge in [0.15, 0.2) is 0 Å². The molecule has 9 nitrogen and oxygen atoms in total. The van der Waals surface area contributed by atoms with Crippen molar-refractivity contribution in [1.82, 2.24) is 30.9 Å². The lowest BCUT2D eigenvalue weighted by Crippen LogP contribution is -2.69. The maximum atomic E-state index is 13.7. The molecule has 5 aliphatic rings. The number of benzene rings is 1. The number of anilines is 1. The lowest BCUT2D eigenvalue weighted by atomic mass is 9.78. The SMILES string of the molecule is CN1Cc2cc(NC3NCC4C(=O)N5C/C=C\CCOC(C)(C)C6CCCC(N6)N5C4N3)ccc2C(C)(C)C1. The first-order chi connectivity index (χ1) is 18.6. The van der Waals surface area contributed by atoms with Crippen molar-refractivity contribution in [2.75, 3.05) is 38.6 Å². The molecule has 0 spiro atoms. The van der Waals surface area contributed by atoms with Gasteiger partial charge >= 0.3 is 0 Å². The molecule has 4 N–H and O–H groups in total. The van der Waals surface area contributed by atoms with E-state index >= 15 is 0 Å². The van der Waals surface area contributed by atoms with Gasteiger partial charge in [0.05, 0.1) is 37.0 Å². The van der Waals surface area contributed by atoms with Gasteiger partial charge in [-0.15, -0.1) is 0 Å². The van der Waals surface area contributed by atoms with E-state index in [4.69, 9.17) is 4.74 Å². The highest BCUT2D eigenvalue weighted by atomic mass is 16.5. The average Bonchev–Trinajstić information content (AvgIpc) is 3.15. The molecule has 2 bridgehead atoms. The molecule has 39 heavy (non-hydrogen) atoms. The second-order valence-electron chi connectivity index (χ2n) is 13.3. The molecular weight excluding hydrogens is 490 g/mol. The van der Waals surface area contributed by atoms with Crippen LogP contribution >= 0.6 is 0 Å². The largest absolute Gasteiger partial charge is 0.374 e. The van der Waals surface area contributed by atoms with Crippen molar-refractivity contribution in [2.45, 2.75) is 95.6 Å². The number of fused-ring (bicyclic) bond motifs is 7. The predicted molar refractivity (Wildman–Crippen MR) is 154 cm³/mol. The highest BCUT2D eigenvalue weighted by Crippen LogP contribution is 2.36. The Morgan fingerprint density at radius 1 is 1.10 bits per heavy atom. The van der Waals surface area contributed by atoms with Crippen molar-refractivity contribution < 1.29 is 9.53 Å². The van der Waals surface area contributed by atoms with E-state index in [1.807, 2.05) is 5.01 Å². The van der Waals surface area contributed by atoms with Crippen LogP contribution in [0, 0.1) is 5.92 Å². The third kappa shape index (κ3) is 5.25. The minimum atomic E-state index is -0.263. The van der Waals surface area contributed by atoms with Gasteiger partial charge in [-0.25, -0.2) is 0 Å². The van der Waals surface area contributed by atoms with Gasteiger partial charge in [-0.3, -0.25) is 25.8 Å². The molecule has 3 saturated heterocycles. The molecular formula is C30H47N7O2. The maximum Gasteiger partial charge on any atom is 0.244 e.